The number of ether oxygens (including phenoxy) is 1. The van der Waals surface area contributed by atoms with E-state index in [0.29, 0.717) is 5.82 Å². The van der Waals surface area contributed by atoms with Crippen molar-refractivity contribution in [3.8, 4) is 11.3 Å². The van der Waals surface area contributed by atoms with Gasteiger partial charge in [0.15, 0.2) is 0 Å². The van der Waals surface area contributed by atoms with Crippen molar-refractivity contribution in [1.82, 2.24) is 14.5 Å². The summed E-state index contributed by atoms with van der Waals surface area (Å²) in [7, 11) is 0. The van der Waals surface area contributed by atoms with Gasteiger partial charge in [-0.2, -0.15) is 0 Å². The third-order valence-electron chi connectivity index (χ3n) is 3.12. The highest BCUT2D eigenvalue weighted by Crippen LogP contribution is 2.18. The highest BCUT2D eigenvalue weighted by molar-refractivity contribution is 5.59. The molecular weight excluding hydrogens is 252 g/mol. The maximum atomic E-state index is 5.61. The van der Waals surface area contributed by atoms with Crippen molar-refractivity contribution in [2.75, 3.05) is 18.9 Å². The lowest BCUT2D eigenvalue weighted by molar-refractivity contribution is 0.126. The third-order valence-corrected chi connectivity index (χ3v) is 3.12. The van der Waals surface area contributed by atoms with Crippen LogP contribution in [0, 0.1) is 0 Å². The van der Waals surface area contributed by atoms with E-state index in [4.69, 9.17) is 10.5 Å². The first-order valence-corrected chi connectivity index (χ1v) is 7.11. The Labute approximate surface area is 119 Å². The molecule has 0 saturated heterocycles. The molecule has 0 radical (unpaired) electrons. The molecule has 0 spiro atoms. The number of unbranched alkanes of at least 4 members (excludes halogenated alkanes) is 1. The lowest BCUT2D eigenvalue weighted by Gasteiger charge is -2.08. The number of aromatic nitrogens is 3. The van der Waals surface area contributed by atoms with Gasteiger partial charge in [0.25, 0.3) is 0 Å². The Morgan fingerprint density at radius 2 is 2.05 bits per heavy atom. The van der Waals surface area contributed by atoms with Crippen molar-refractivity contribution >= 4 is 5.82 Å². The van der Waals surface area contributed by atoms with Crippen molar-refractivity contribution in [3.05, 3.63) is 30.9 Å². The monoisotopic (exact) mass is 274 g/mol. The molecular formula is C15H22N4O. The molecule has 5 heteroatoms. The maximum Gasteiger partial charge on any atom is 0.123 e. The zero-order chi connectivity index (χ0) is 14.2. The third kappa shape index (κ3) is 4.06. The summed E-state index contributed by atoms with van der Waals surface area (Å²) >= 11 is 0. The summed E-state index contributed by atoms with van der Waals surface area (Å²) in [6.07, 6.45) is 8.77. The van der Waals surface area contributed by atoms with Crippen LogP contribution in [-0.4, -0.2) is 27.7 Å². The number of aryl methyl sites for hydroxylation is 1. The molecule has 2 rings (SSSR count). The molecule has 0 bridgehead atoms. The van der Waals surface area contributed by atoms with Gasteiger partial charge < -0.3 is 15.0 Å². The fourth-order valence-electron chi connectivity index (χ4n) is 1.98. The molecule has 0 amide bonds. The van der Waals surface area contributed by atoms with Crippen molar-refractivity contribution in [2.24, 2.45) is 0 Å². The van der Waals surface area contributed by atoms with E-state index in [1.165, 1.54) is 6.42 Å². The average Bonchev–Trinajstić information content (AvgIpc) is 2.92. The zero-order valence-electron chi connectivity index (χ0n) is 12.0. The van der Waals surface area contributed by atoms with Crippen LogP contribution in [0.1, 0.15) is 26.2 Å². The number of imidazole rings is 1. The number of pyridine rings is 1. The number of hydrogen-bond acceptors (Lipinski definition) is 4. The van der Waals surface area contributed by atoms with Crippen LogP contribution in [0.2, 0.25) is 0 Å². The van der Waals surface area contributed by atoms with E-state index in [1.54, 1.807) is 12.3 Å². The van der Waals surface area contributed by atoms with Gasteiger partial charge in [-0.1, -0.05) is 13.3 Å². The molecule has 0 aliphatic heterocycles. The first-order valence-electron chi connectivity index (χ1n) is 7.11. The van der Waals surface area contributed by atoms with Crippen molar-refractivity contribution in [2.45, 2.75) is 32.7 Å². The second-order valence-corrected chi connectivity index (χ2v) is 4.76. The molecule has 108 valence electrons. The number of nitrogens with two attached hydrogens (primary N) is 1. The highest BCUT2D eigenvalue weighted by Gasteiger charge is 2.05. The second kappa shape index (κ2) is 7.65. The first-order chi connectivity index (χ1) is 9.81. The van der Waals surface area contributed by atoms with Crippen LogP contribution < -0.4 is 5.73 Å². The van der Waals surface area contributed by atoms with Gasteiger partial charge in [0.1, 0.15) is 5.82 Å². The predicted molar refractivity (Wildman–Crippen MR) is 80.2 cm³/mol. The smallest absolute Gasteiger partial charge is 0.123 e. The predicted octanol–water partition coefficient (Wildman–Crippen LogP) is 2.73. The minimum Gasteiger partial charge on any atom is -0.384 e. The van der Waals surface area contributed by atoms with E-state index in [0.717, 1.165) is 43.9 Å². The SMILES string of the molecule is CCCCOCCCn1cncc1-c1ccc(N)nc1. The average molecular weight is 274 g/mol. The summed E-state index contributed by atoms with van der Waals surface area (Å²) in [5.74, 6) is 0.532. The molecule has 5 nitrogen and oxygen atoms in total. The molecule has 0 aliphatic rings. The molecule has 0 fully saturated rings. The normalized spacial score (nSPS) is 10.8. The minimum absolute atomic E-state index is 0.532. The Morgan fingerprint density at radius 1 is 1.20 bits per heavy atom. The van der Waals surface area contributed by atoms with Gasteiger partial charge in [-0.05, 0) is 25.0 Å². The number of hydrogen-bond donors (Lipinski definition) is 1. The lowest BCUT2D eigenvalue weighted by Crippen LogP contribution is -2.04. The van der Waals surface area contributed by atoms with Gasteiger partial charge >= 0.3 is 0 Å². The Kier molecular flexibility index (Phi) is 5.55. The van der Waals surface area contributed by atoms with Crippen LogP contribution in [0.15, 0.2) is 30.9 Å². The van der Waals surface area contributed by atoms with Gasteiger partial charge in [0, 0.05) is 31.5 Å². The van der Waals surface area contributed by atoms with Crippen LogP contribution in [0.5, 0.6) is 0 Å². The van der Waals surface area contributed by atoms with E-state index in [9.17, 15) is 0 Å². The van der Waals surface area contributed by atoms with Crippen LogP contribution in [0.4, 0.5) is 5.82 Å². The van der Waals surface area contributed by atoms with Gasteiger partial charge in [-0.3, -0.25) is 0 Å². The second-order valence-electron chi connectivity index (χ2n) is 4.76. The van der Waals surface area contributed by atoms with Crippen LogP contribution >= 0.6 is 0 Å². The minimum atomic E-state index is 0.532. The van der Waals surface area contributed by atoms with Gasteiger partial charge in [0.05, 0.1) is 18.2 Å². The molecule has 20 heavy (non-hydrogen) atoms. The zero-order valence-corrected chi connectivity index (χ0v) is 12.0. The number of anilines is 1. The molecule has 0 atom stereocenters. The summed E-state index contributed by atoms with van der Waals surface area (Å²) in [6, 6.07) is 3.77. The summed E-state index contributed by atoms with van der Waals surface area (Å²) < 4.78 is 7.69. The Morgan fingerprint density at radius 3 is 2.80 bits per heavy atom. The molecule has 0 unspecified atom stereocenters. The standard InChI is InChI=1S/C15H22N4O/c1-2-3-8-20-9-4-7-19-12-17-11-14(19)13-5-6-15(16)18-10-13/h5-6,10-12H,2-4,7-9H2,1H3,(H2,16,18). The fourth-order valence-corrected chi connectivity index (χ4v) is 1.98. The number of rotatable bonds is 8. The van der Waals surface area contributed by atoms with E-state index < -0.39 is 0 Å². The number of nitrogens with zero attached hydrogens (tertiary/aromatic N) is 3. The summed E-state index contributed by atoms with van der Waals surface area (Å²) in [5, 5.41) is 0. The molecule has 2 aromatic rings. The molecule has 2 heterocycles. The Balaban J connectivity index is 1.87. The molecule has 2 N–H and O–H groups in total. The van der Waals surface area contributed by atoms with Crippen LogP contribution in [-0.2, 0) is 11.3 Å². The quantitative estimate of drug-likeness (QED) is 0.752. The maximum absolute atomic E-state index is 5.61. The van der Waals surface area contributed by atoms with Gasteiger partial charge in [-0.15, -0.1) is 0 Å². The van der Waals surface area contributed by atoms with E-state index >= 15 is 0 Å². The van der Waals surface area contributed by atoms with Crippen molar-refractivity contribution in [1.29, 1.82) is 0 Å². The first kappa shape index (κ1) is 14.5. The van der Waals surface area contributed by atoms with Crippen LogP contribution in [0.25, 0.3) is 11.3 Å². The van der Waals surface area contributed by atoms with Crippen molar-refractivity contribution < 1.29 is 4.74 Å². The van der Waals surface area contributed by atoms with E-state index in [2.05, 4.69) is 21.5 Å². The molecule has 2 aromatic heterocycles. The van der Waals surface area contributed by atoms with E-state index in [-0.39, 0.29) is 0 Å². The fraction of sp³-hybridized carbons (Fsp3) is 0.467. The van der Waals surface area contributed by atoms with Gasteiger partial charge in [0.2, 0.25) is 0 Å². The van der Waals surface area contributed by atoms with Crippen molar-refractivity contribution in [3.63, 3.8) is 0 Å². The molecule has 0 saturated carbocycles. The van der Waals surface area contributed by atoms with Crippen LogP contribution in [0.3, 0.4) is 0 Å². The largest absolute Gasteiger partial charge is 0.384 e. The van der Waals surface area contributed by atoms with Gasteiger partial charge in [-0.25, -0.2) is 9.97 Å². The Bertz CT molecular complexity index is 507. The summed E-state index contributed by atoms with van der Waals surface area (Å²) in [6.45, 7) is 4.71. The Hall–Kier alpha value is -1.88. The summed E-state index contributed by atoms with van der Waals surface area (Å²) in [4.78, 5) is 8.33. The molecule has 0 aliphatic carbocycles. The van der Waals surface area contributed by atoms with E-state index in [1.807, 2.05) is 18.6 Å². The highest BCUT2D eigenvalue weighted by atomic mass is 16.5. The molecule has 0 aromatic carbocycles. The lowest BCUT2D eigenvalue weighted by atomic mass is 10.2. The number of nitrogen functional groups attached to an aromatic ring is 1. The summed E-state index contributed by atoms with van der Waals surface area (Å²) in [5.41, 5.74) is 7.70. The topological polar surface area (TPSA) is 66.0 Å².